The summed E-state index contributed by atoms with van der Waals surface area (Å²) in [7, 11) is 0. The summed E-state index contributed by atoms with van der Waals surface area (Å²) >= 11 is 0.772. The molecule has 14 heteroatoms. The second-order valence-electron chi connectivity index (χ2n) is 9.31. The van der Waals surface area contributed by atoms with E-state index in [0.29, 0.717) is 16.7 Å². The average Bonchev–Trinajstić information content (AvgIpc) is 3.70. The first-order valence-electron chi connectivity index (χ1n) is 12.3. The van der Waals surface area contributed by atoms with Crippen molar-refractivity contribution in [2.75, 3.05) is 13.1 Å². The minimum absolute atomic E-state index is 0.0531. The van der Waals surface area contributed by atoms with Crippen LogP contribution in [0.15, 0.2) is 60.8 Å². The Hall–Kier alpha value is -5.11. The Morgan fingerprint density at radius 3 is 2.32 bits per heavy atom. The van der Waals surface area contributed by atoms with Crippen molar-refractivity contribution in [1.29, 1.82) is 0 Å². The van der Waals surface area contributed by atoms with Crippen molar-refractivity contribution < 1.29 is 28.1 Å². The number of nitrogens with zero attached hydrogens (tertiary/aromatic N) is 6. The van der Waals surface area contributed by atoms with E-state index in [9.17, 15) is 24.5 Å². The molecule has 11 nitrogen and oxygen atoms in total. The van der Waals surface area contributed by atoms with Gasteiger partial charge in [0, 0.05) is 36.9 Å². The Bertz CT molecular complexity index is 1740. The lowest BCUT2D eigenvalue weighted by atomic mass is 9.97. The Balaban J connectivity index is 1.17. The van der Waals surface area contributed by atoms with Gasteiger partial charge in [-0.05, 0) is 30.2 Å². The molecular weight excluding hydrogens is 558 g/mol. The van der Waals surface area contributed by atoms with Crippen LogP contribution >= 0.6 is 11.3 Å². The van der Waals surface area contributed by atoms with Crippen molar-refractivity contribution in [1.82, 2.24) is 24.8 Å². The summed E-state index contributed by atoms with van der Waals surface area (Å²) in [6.07, 6.45) is 3.12. The van der Waals surface area contributed by atoms with Crippen molar-refractivity contribution >= 4 is 39.6 Å². The fraction of sp³-hybridized carbons (Fsp3) is 0.148. The van der Waals surface area contributed by atoms with Crippen molar-refractivity contribution in [3.8, 4) is 5.69 Å². The van der Waals surface area contributed by atoms with Gasteiger partial charge in [0.15, 0.2) is 0 Å². The number of hydrogen-bond donors (Lipinski definition) is 0. The van der Waals surface area contributed by atoms with Crippen molar-refractivity contribution in [2.24, 2.45) is 0 Å². The molecule has 2 aliphatic heterocycles. The monoisotopic (exact) mass is 576 g/mol. The molecule has 0 saturated heterocycles. The number of hydrogen-bond acceptors (Lipinski definition) is 8. The van der Waals surface area contributed by atoms with Gasteiger partial charge >= 0.3 is 5.00 Å². The van der Waals surface area contributed by atoms with E-state index in [1.54, 1.807) is 30.3 Å². The number of thiophene rings is 1. The SMILES string of the molecule is O=C(c1ccc([N+](=O)[O-])s1)N1CC=C(c2c(F)cc(-n3cc(CN4C(=O)c5ccccc5C4=O)nn3)cc2F)CC1. The van der Waals surface area contributed by atoms with Crippen LogP contribution in [0.25, 0.3) is 11.3 Å². The number of imide groups is 1. The summed E-state index contributed by atoms with van der Waals surface area (Å²) in [6.45, 7) is 0.113. The number of carbonyl (C=O) groups excluding carboxylic acids is 3. The molecule has 3 amide bonds. The molecule has 0 bridgehead atoms. The second kappa shape index (κ2) is 10.1. The molecule has 0 aliphatic carbocycles. The minimum Gasteiger partial charge on any atom is -0.334 e. The minimum atomic E-state index is -0.836. The molecular formula is C27H18F2N6O5S. The molecule has 0 radical (unpaired) electrons. The highest BCUT2D eigenvalue weighted by Crippen LogP contribution is 2.31. The quantitative estimate of drug-likeness (QED) is 0.191. The molecule has 0 atom stereocenters. The molecule has 0 saturated carbocycles. The zero-order chi connectivity index (χ0) is 28.8. The number of rotatable bonds is 6. The maximum atomic E-state index is 15.2. The van der Waals surface area contributed by atoms with Crippen molar-refractivity contribution in [3.05, 3.63) is 110 Å². The lowest BCUT2D eigenvalue weighted by Crippen LogP contribution is -2.34. The fourth-order valence-corrected chi connectivity index (χ4v) is 5.61. The van der Waals surface area contributed by atoms with Gasteiger partial charge in [-0.15, -0.1) is 5.10 Å². The van der Waals surface area contributed by atoms with E-state index in [-0.39, 0.29) is 52.9 Å². The summed E-state index contributed by atoms with van der Waals surface area (Å²) in [5.74, 6) is -2.98. The van der Waals surface area contributed by atoms with Crippen LogP contribution < -0.4 is 0 Å². The molecule has 2 aromatic carbocycles. The standard InChI is InChI=1S/C27H18F2N6O5S/c28-20-11-17(34-14-16(30-31-34)13-33-25(36)18-3-1-2-4-19(18)26(33)37)12-21(29)24(20)15-7-9-32(10-8-15)27(38)22-5-6-23(41-22)35(39)40/h1-7,11-12,14H,8-10,13H2. The van der Waals surface area contributed by atoms with Crippen LogP contribution in [0, 0.1) is 21.7 Å². The molecule has 2 aromatic heterocycles. The first-order chi connectivity index (χ1) is 19.7. The van der Waals surface area contributed by atoms with E-state index in [4.69, 9.17) is 0 Å². The molecule has 6 rings (SSSR count). The first-order valence-corrected chi connectivity index (χ1v) is 13.1. The van der Waals surface area contributed by atoms with Gasteiger partial charge in [-0.3, -0.25) is 29.4 Å². The van der Waals surface area contributed by atoms with Gasteiger partial charge in [0.1, 0.15) is 17.3 Å². The summed E-state index contributed by atoms with van der Waals surface area (Å²) in [5.41, 5.74) is 1.06. The van der Waals surface area contributed by atoms with E-state index < -0.39 is 34.3 Å². The second-order valence-corrected chi connectivity index (χ2v) is 10.4. The van der Waals surface area contributed by atoms with E-state index >= 15 is 8.78 Å². The Kier molecular flexibility index (Phi) is 6.46. The predicted octanol–water partition coefficient (Wildman–Crippen LogP) is 4.24. The number of carbonyl (C=O) groups is 3. The van der Waals surface area contributed by atoms with Gasteiger partial charge in [0.2, 0.25) is 0 Å². The topological polar surface area (TPSA) is 132 Å². The third-order valence-electron chi connectivity index (χ3n) is 6.83. The molecule has 2 aliphatic rings. The number of benzene rings is 2. The molecule has 206 valence electrons. The van der Waals surface area contributed by atoms with Crippen LogP contribution in [0.2, 0.25) is 0 Å². The van der Waals surface area contributed by atoms with Crippen LogP contribution in [0.4, 0.5) is 13.8 Å². The third-order valence-corrected chi connectivity index (χ3v) is 7.86. The summed E-state index contributed by atoms with van der Waals surface area (Å²) in [6, 6.07) is 11.3. The highest BCUT2D eigenvalue weighted by molar-refractivity contribution is 7.17. The van der Waals surface area contributed by atoms with Gasteiger partial charge in [-0.25, -0.2) is 13.5 Å². The van der Waals surface area contributed by atoms with Gasteiger partial charge in [0.05, 0.1) is 39.4 Å². The number of amides is 3. The summed E-state index contributed by atoms with van der Waals surface area (Å²) in [5, 5.41) is 18.6. The van der Waals surface area contributed by atoms with E-state index in [0.717, 1.165) is 33.1 Å². The zero-order valence-corrected chi connectivity index (χ0v) is 21.8. The molecule has 0 unspecified atom stereocenters. The lowest BCUT2D eigenvalue weighted by molar-refractivity contribution is -0.380. The molecule has 41 heavy (non-hydrogen) atoms. The number of halogens is 2. The van der Waals surface area contributed by atoms with Gasteiger partial charge in [-0.1, -0.05) is 34.8 Å². The fourth-order valence-electron chi connectivity index (χ4n) is 4.82. The summed E-state index contributed by atoms with van der Waals surface area (Å²) in [4.78, 5) is 51.0. The molecule has 4 aromatic rings. The van der Waals surface area contributed by atoms with Gasteiger partial charge in [-0.2, -0.15) is 0 Å². The van der Waals surface area contributed by atoms with Crippen LogP contribution in [0.1, 0.15) is 48.1 Å². The number of aromatic nitrogens is 3. The lowest BCUT2D eigenvalue weighted by Gasteiger charge is -2.26. The molecule has 0 fully saturated rings. The molecule has 0 N–H and O–H groups in total. The highest BCUT2D eigenvalue weighted by atomic mass is 32.1. The Morgan fingerprint density at radius 2 is 1.73 bits per heavy atom. The molecule has 0 spiro atoms. The van der Waals surface area contributed by atoms with Gasteiger partial charge < -0.3 is 4.90 Å². The summed E-state index contributed by atoms with van der Waals surface area (Å²) < 4.78 is 31.5. The van der Waals surface area contributed by atoms with Crippen molar-refractivity contribution in [3.63, 3.8) is 0 Å². The van der Waals surface area contributed by atoms with Crippen LogP contribution in [-0.2, 0) is 6.54 Å². The number of fused-ring (bicyclic) bond motifs is 1. The zero-order valence-electron chi connectivity index (χ0n) is 21.0. The van der Waals surface area contributed by atoms with Crippen LogP contribution in [0.5, 0.6) is 0 Å². The maximum absolute atomic E-state index is 15.2. The van der Waals surface area contributed by atoms with Gasteiger partial charge in [0.25, 0.3) is 17.7 Å². The first kappa shape index (κ1) is 26.1. The number of nitro groups is 1. The van der Waals surface area contributed by atoms with E-state index in [1.165, 1.54) is 23.2 Å². The Labute approximate surface area is 234 Å². The molecule has 4 heterocycles. The van der Waals surface area contributed by atoms with Crippen molar-refractivity contribution in [2.45, 2.75) is 13.0 Å². The smallest absolute Gasteiger partial charge is 0.324 e. The predicted molar refractivity (Wildman–Crippen MR) is 141 cm³/mol. The Morgan fingerprint density at radius 1 is 1.05 bits per heavy atom. The third kappa shape index (κ3) is 4.67. The van der Waals surface area contributed by atoms with E-state index in [1.807, 2.05) is 0 Å². The average molecular weight is 577 g/mol. The largest absolute Gasteiger partial charge is 0.334 e. The van der Waals surface area contributed by atoms with Crippen LogP contribution in [0.3, 0.4) is 0 Å². The normalized spacial score (nSPS) is 14.8. The highest BCUT2D eigenvalue weighted by Gasteiger charge is 2.35. The maximum Gasteiger partial charge on any atom is 0.324 e. The van der Waals surface area contributed by atoms with Crippen LogP contribution in [-0.4, -0.2) is 60.5 Å². The van der Waals surface area contributed by atoms with E-state index in [2.05, 4.69) is 10.3 Å².